The van der Waals surface area contributed by atoms with Crippen LogP contribution in [-0.4, -0.2) is 59.2 Å². The Morgan fingerprint density at radius 1 is 0.774 bits per heavy atom. The van der Waals surface area contributed by atoms with Gasteiger partial charge in [0.15, 0.2) is 11.0 Å². The number of anilines is 3. The standard InChI is InChI=1S/C22H23ClFN7/c23-20-21(26-8-7-25-20)30-13-11-29(12-14-30)19-15-18(16-3-5-17(24)6-4-16)27-22(28-19)31-9-1-2-10-31/h3-8,15H,1-2,9-14H2. The highest BCUT2D eigenvalue weighted by Crippen LogP contribution is 2.28. The van der Waals surface area contributed by atoms with Gasteiger partial charge in [0.1, 0.15) is 11.6 Å². The zero-order chi connectivity index (χ0) is 21.2. The third-order valence-electron chi connectivity index (χ3n) is 5.77. The van der Waals surface area contributed by atoms with Crippen LogP contribution in [0.15, 0.2) is 42.7 Å². The van der Waals surface area contributed by atoms with E-state index in [1.807, 2.05) is 6.07 Å². The summed E-state index contributed by atoms with van der Waals surface area (Å²) in [7, 11) is 0. The summed E-state index contributed by atoms with van der Waals surface area (Å²) in [6, 6.07) is 8.47. The van der Waals surface area contributed by atoms with Gasteiger partial charge in [-0.3, -0.25) is 0 Å². The van der Waals surface area contributed by atoms with Crippen LogP contribution in [0.2, 0.25) is 5.15 Å². The molecule has 2 fully saturated rings. The first-order valence-electron chi connectivity index (χ1n) is 10.5. The second-order valence-corrected chi connectivity index (χ2v) is 8.12. The van der Waals surface area contributed by atoms with Gasteiger partial charge in [-0.05, 0) is 37.1 Å². The summed E-state index contributed by atoms with van der Waals surface area (Å²) in [5.41, 5.74) is 1.70. The fourth-order valence-corrected chi connectivity index (χ4v) is 4.31. The fourth-order valence-electron chi connectivity index (χ4n) is 4.08. The van der Waals surface area contributed by atoms with Crippen LogP contribution < -0.4 is 14.7 Å². The minimum Gasteiger partial charge on any atom is -0.353 e. The summed E-state index contributed by atoms with van der Waals surface area (Å²) < 4.78 is 13.4. The van der Waals surface area contributed by atoms with E-state index in [0.717, 1.165) is 81.0 Å². The molecule has 160 valence electrons. The first-order valence-corrected chi connectivity index (χ1v) is 10.9. The van der Waals surface area contributed by atoms with Crippen molar-refractivity contribution >= 4 is 29.2 Å². The van der Waals surface area contributed by atoms with Gasteiger partial charge in [0, 0.05) is 63.3 Å². The molecular weight excluding hydrogens is 417 g/mol. The van der Waals surface area contributed by atoms with E-state index in [4.69, 9.17) is 21.6 Å². The second-order valence-electron chi connectivity index (χ2n) is 7.76. The molecule has 0 radical (unpaired) electrons. The van der Waals surface area contributed by atoms with E-state index in [1.165, 1.54) is 12.1 Å². The van der Waals surface area contributed by atoms with Crippen LogP contribution >= 0.6 is 11.6 Å². The van der Waals surface area contributed by atoms with Crippen LogP contribution in [0.4, 0.5) is 22.0 Å². The van der Waals surface area contributed by atoms with Crippen molar-refractivity contribution in [2.45, 2.75) is 12.8 Å². The van der Waals surface area contributed by atoms with Crippen LogP contribution in [0.3, 0.4) is 0 Å². The molecule has 0 saturated carbocycles. The van der Waals surface area contributed by atoms with Gasteiger partial charge in [-0.2, -0.15) is 4.98 Å². The first kappa shape index (κ1) is 19.9. The SMILES string of the molecule is Fc1ccc(-c2cc(N3CCN(c4nccnc4Cl)CC3)nc(N3CCCC3)n2)cc1. The van der Waals surface area contributed by atoms with Gasteiger partial charge in [-0.15, -0.1) is 0 Å². The summed E-state index contributed by atoms with van der Waals surface area (Å²) in [6.07, 6.45) is 5.56. The van der Waals surface area contributed by atoms with E-state index >= 15 is 0 Å². The molecule has 0 aliphatic carbocycles. The number of halogens is 2. The molecule has 5 rings (SSSR count). The van der Waals surface area contributed by atoms with Crippen LogP contribution in [0, 0.1) is 5.82 Å². The van der Waals surface area contributed by atoms with Crippen LogP contribution in [0.1, 0.15) is 12.8 Å². The molecule has 2 aliphatic rings. The summed E-state index contributed by atoms with van der Waals surface area (Å²) in [6.45, 7) is 5.04. The second kappa shape index (κ2) is 8.63. The molecular formula is C22H23ClFN7. The Labute approximate surface area is 185 Å². The first-order chi connectivity index (χ1) is 15.2. The highest BCUT2D eigenvalue weighted by Gasteiger charge is 2.24. The zero-order valence-electron chi connectivity index (χ0n) is 17.1. The molecule has 31 heavy (non-hydrogen) atoms. The lowest BCUT2D eigenvalue weighted by Crippen LogP contribution is -2.47. The average Bonchev–Trinajstić information content (AvgIpc) is 3.35. The molecule has 0 amide bonds. The van der Waals surface area contributed by atoms with Crippen molar-refractivity contribution in [1.29, 1.82) is 0 Å². The van der Waals surface area contributed by atoms with E-state index in [1.54, 1.807) is 24.5 Å². The van der Waals surface area contributed by atoms with Crippen molar-refractivity contribution in [1.82, 2.24) is 19.9 Å². The smallest absolute Gasteiger partial charge is 0.227 e. The lowest BCUT2D eigenvalue weighted by molar-refractivity contribution is 0.628. The van der Waals surface area contributed by atoms with Crippen LogP contribution in [-0.2, 0) is 0 Å². The largest absolute Gasteiger partial charge is 0.353 e. The predicted octanol–water partition coefficient (Wildman–Crippen LogP) is 3.65. The van der Waals surface area contributed by atoms with Crippen LogP contribution in [0.25, 0.3) is 11.3 Å². The quantitative estimate of drug-likeness (QED) is 0.614. The van der Waals surface area contributed by atoms with Gasteiger partial charge < -0.3 is 14.7 Å². The predicted molar refractivity (Wildman–Crippen MR) is 120 cm³/mol. The van der Waals surface area contributed by atoms with Gasteiger partial charge in [0.2, 0.25) is 5.95 Å². The molecule has 0 unspecified atom stereocenters. The van der Waals surface area contributed by atoms with Crippen molar-refractivity contribution in [3.8, 4) is 11.3 Å². The van der Waals surface area contributed by atoms with Gasteiger partial charge in [0.05, 0.1) is 5.69 Å². The summed E-state index contributed by atoms with van der Waals surface area (Å²) >= 11 is 6.22. The van der Waals surface area contributed by atoms with Crippen molar-refractivity contribution in [3.05, 3.63) is 53.7 Å². The van der Waals surface area contributed by atoms with Crippen molar-refractivity contribution in [2.75, 3.05) is 54.0 Å². The lowest BCUT2D eigenvalue weighted by Gasteiger charge is -2.36. The minimum atomic E-state index is -0.253. The lowest BCUT2D eigenvalue weighted by atomic mass is 10.1. The van der Waals surface area contributed by atoms with Crippen molar-refractivity contribution in [2.24, 2.45) is 0 Å². The zero-order valence-corrected chi connectivity index (χ0v) is 17.8. The molecule has 0 bridgehead atoms. The Balaban J connectivity index is 1.42. The monoisotopic (exact) mass is 439 g/mol. The highest BCUT2D eigenvalue weighted by atomic mass is 35.5. The topological polar surface area (TPSA) is 61.3 Å². The van der Waals surface area contributed by atoms with E-state index in [0.29, 0.717) is 5.15 Å². The molecule has 0 N–H and O–H groups in total. The van der Waals surface area contributed by atoms with Gasteiger partial charge in [0.25, 0.3) is 0 Å². The molecule has 0 atom stereocenters. The number of hydrogen-bond acceptors (Lipinski definition) is 7. The van der Waals surface area contributed by atoms with Gasteiger partial charge >= 0.3 is 0 Å². The number of piperazine rings is 1. The molecule has 1 aromatic carbocycles. The summed E-state index contributed by atoms with van der Waals surface area (Å²) in [5, 5.41) is 0.424. The Morgan fingerprint density at radius 3 is 2.16 bits per heavy atom. The maximum Gasteiger partial charge on any atom is 0.227 e. The number of aromatic nitrogens is 4. The van der Waals surface area contributed by atoms with Crippen molar-refractivity contribution < 1.29 is 4.39 Å². The molecule has 2 aliphatic heterocycles. The van der Waals surface area contributed by atoms with E-state index in [2.05, 4.69) is 24.7 Å². The number of nitrogens with zero attached hydrogens (tertiary/aromatic N) is 7. The van der Waals surface area contributed by atoms with E-state index in [9.17, 15) is 4.39 Å². The maximum absolute atomic E-state index is 13.4. The number of rotatable bonds is 4. The Bertz CT molecular complexity index is 1050. The van der Waals surface area contributed by atoms with Gasteiger partial charge in [-0.1, -0.05) is 11.6 Å². The van der Waals surface area contributed by atoms with E-state index < -0.39 is 0 Å². The Morgan fingerprint density at radius 2 is 1.45 bits per heavy atom. The number of hydrogen-bond donors (Lipinski definition) is 0. The molecule has 2 saturated heterocycles. The molecule has 0 spiro atoms. The Kier molecular flexibility index (Phi) is 5.55. The fraction of sp³-hybridized carbons (Fsp3) is 0.364. The molecule has 4 heterocycles. The maximum atomic E-state index is 13.4. The summed E-state index contributed by atoms with van der Waals surface area (Å²) in [4.78, 5) is 24.8. The van der Waals surface area contributed by atoms with Gasteiger partial charge in [-0.25, -0.2) is 19.3 Å². The highest BCUT2D eigenvalue weighted by molar-refractivity contribution is 6.31. The van der Waals surface area contributed by atoms with E-state index in [-0.39, 0.29) is 5.82 Å². The van der Waals surface area contributed by atoms with Crippen molar-refractivity contribution in [3.63, 3.8) is 0 Å². The minimum absolute atomic E-state index is 0.253. The third kappa shape index (κ3) is 4.25. The summed E-state index contributed by atoms with van der Waals surface area (Å²) in [5.74, 6) is 2.10. The Hall–Kier alpha value is -3.00. The molecule has 9 heteroatoms. The third-order valence-corrected chi connectivity index (χ3v) is 6.04. The molecule has 7 nitrogen and oxygen atoms in total. The van der Waals surface area contributed by atoms with Crippen LogP contribution in [0.5, 0.6) is 0 Å². The average molecular weight is 440 g/mol. The normalized spacial score (nSPS) is 16.8. The molecule has 3 aromatic rings. The molecule has 2 aromatic heterocycles. The number of benzene rings is 1.